The minimum atomic E-state index is -3.19. The summed E-state index contributed by atoms with van der Waals surface area (Å²) in [6, 6.07) is 5.04. The third-order valence-electron chi connectivity index (χ3n) is 7.50. The van der Waals surface area contributed by atoms with E-state index in [0.717, 1.165) is 10.5 Å². The van der Waals surface area contributed by atoms with Crippen molar-refractivity contribution < 1.29 is 32.3 Å². The summed E-state index contributed by atoms with van der Waals surface area (Å²) < 4.78 is 42.7. The minimum absolute atomic E-state index is 0.0218. The fourth-order valence-electron chi connectivity index (χ4n) is 5.58. The van der Waals surface area contributed by atoms with E-state index in [1.165, 1.54) is 0 Å². The number of likely N-dealkylation sites (tertiary alicyclic amines) is 1. The van der Waals surface area contributed by atoms with E-state index in [-0.39, 0.29) is 29.9 Å². The van der Waals surface area contributed by atoms with Crippen LogP contribution in [0, 0.1) is 13.8 Å². The smallest absolute Gasteiger partial charge is 0.293 e. The monoisotopic (exact) mass is 550 g/mol. The average Bonchev–Trinajstić information content (AvgIpc) is 3.36. The van der Waals surface area contributed by atoms with Gasteiger partial charge in [0.25, 0.3) is 23.5 Å². The lowest BCUT2D eigenvalue weighted by Gasteiger charge is -2.50. The van der Waals surface area contributed by atoms with Crippen molar-refractivity contribution >= 4 is 40.8 Å². The van der Waals surface area contributed by atoms with Gasteiger partial charge in [-0.1, -0.05) is 17.7 Å². The molecule has 202 valence electrons. The molecule has 5 rings (SSSR count). The first-order valence-electron chi connectivity index (χ1n) is 12.3. The summed E-state index contributed by atoms with van der Waals surface area (Å²) in [5, 5.41) is 5.49. The third-order valence-corrected chi connectivity index (χ3v) is 7.90. The number of fused-ring (bicyclic) bond motifs is 1. The number of carbonyl (C=O) groups is 4. The first kappa shape index (κ1) is 26.3. The summed E-state index contributed by atoms with van der Waals surface area (Å²) in [6.07, 6.45) is -2.11. The van der Waals surface area contributed by atoms with Crippen LogP contribution in [0.4, 0.5) is 18.9 Å². The fourth-order valence-corrected chi connectivity index (χ4v) is 5.76. The number of alkyl halides is 3. The zero-order valence-electron chi connectivity index (χ0n) is 20.8. The summed E-state index contributed by atoms with van der Waals surface area (Å²) in [5.74, 6) is -6.74. The summed E-state index contributed by atoms with van der Waals surface area (Å²) in [4.78, 5) is 53.6. The molecule has 0 spiro atoms. The molecule has 1 saturated carbocycles. The highest BCUT2D eigenvalue weighted by Crippen LogP contribution is 2.47. The standard InChI is InChI=1S/C26H26ClF3N4O4/c1-13-5-6-16(8-17(13)27)31-22(36)20-14(2)19(18-4-3-7-34(18)20)21(35)23(37)32-25(11-26(29,30)12-25)24(38)33-9-15(28)10-33/h5-6,8,15H,3-4,7,9-12H2,1-2H3,(H,31,36)(H,32,37). The molecule has 2 fully saturated rings. The van der Waals surface area contributed by atoms with Gasteiger partial charge in [0.1, 0.15) is 17.4 Å². The Morgan fingerprint density at radius 3 is 2.39 bits per heavy atom. The normalized spacial score (nSPS) is 19.3. The fraction of sp³-hybridized carbons (Fsp3) is 0.462. The van der Waals surface area contributed by atoms with E-state index in [0.29, 0.717) is 35.8 Å². The van der Waals surface area contributed by atoms with Crippen LogP contribution >= 0.6 is 11.6 Å². The highest BCUT2D eigenvalue weighted by atomic mass is 35.5. The zero-order chi connectivity index (χ0) is 27.6. The highest BCUT2D eigenvalue weighted by Gasteiger charge is 2.64. The molecule has 2 N–H and O–H groups in total. The van der Waals surface area contributed by atoms with Gasteiger partial charge in [-0.3, -0.25) is 19.2 Å². The van der Waals surface area contributed by atoms with E-state index < -0.39 is 54.0 Å². The molecule has 0 bridgehead atoms. The van der Waals surface area contributed by atoms with E-state index >= 15 is 0 Å². The van der Waals surface area contributed by atoms with Gasteiger partial charge < -0.3 is 20.1 Å². The van der Waals surface area contributed by atoms with Crippen molar-refractivity contribution in [3.05, 3.63) is 51.3 Å². The van der Waals surface area contributed by atoms with Crippen LogP contribution < -0.4 is 10.6 Å². The summed E-state index contributed by atoms with van der Waals surface area (Å²) >= 11 is 6.16. The zero-order valence-corrected chi connectivity index (χ0v) is 21.6. The summed E-state index contributed by atoms with van der Waals surface area (Å²) in [6.45, 7) is 3.34. The Balaban J connectivity index is 1.40. The third kappa shape index (κ3) is 4.36. The number of amides is 3. The predicted molar refractivity (Wildman–Crippen MR) is 132 cm³/mol. The first-order chi connectivity index (χ1) is 17.8. The van der Waals surface area contributed by atoms with Crippen LogP contribution in [0.2, 0.25) is 5.02 Å². The molecule has 1 aromatic carbocycles. The van der Waals surface area contributed by atoms with Crippen molar-refractivity contribution in [3.8, 4) is 0 Å². The van der Waals surface area contributed by atoms with Crippen molar-refractivity contribution in [2.24, 2.45) is 0 Å². The summed E-state index contributed by atoms with van der Waals surface area (Å²) in [5.41, 5.74) is 0.321. The molecule has 8 nitrogen and oxygen atoms in total. The number of aromatic nitrogens is 1. The van der Waals surface area contributed by atoms with Gasteiger partial charge in [0, 0.05) is 35.8 Å². The number of nitrogens with one attached hydrogen (secondary N) is 2. The van der Waals surface area contributed by atoms with Gasteiger partial charge in [-0.05, 0) is 49.9 Å². The lowest BCUT2D eigenvalue weighted by molar-refractivity contribution is -0.178. The van der Waals surface area contributed by atoms with Crippen LogP contribution in [0.1, 0.15) is 56.9 Å². The van der Waals surface area contributed by atoms with Crippen LogP contribution in [0.5, 0.6) is 0 Å². The lowest BCUT2D eigenvalue weighted by atomic mass is 9.71. The average molecular weight is 551 g/mol. The van der Waals surface area contributed by atoms with Gasteiger partial charge in [0.15, 0.2) is 0 Å². The van der Waals surface area contributed by atoms with Crippen molar-refractivity contribution in [1.29, 1.82) is 0 Å². The van der Waals surface area contributed by atoms with Gasteiger partial charge in [0.2, 0.25) is 5.91 Å². The molecule has 1 aromatic heterocycles. The van der Waals surface area contributed by atoms with Crippen LogP contribution in [-0.4, -0.2) is 63.7 Å². The second kappa shape index (κ2) is 9.14. The topological polar surface area (TPSA) is 101 Å². The summed E-state index contributed by atoms with van der Waals surface area (Å²) in [7, 11) is 0. The second-order valence-electron chi connectivity index (χ2n) is 10.4. The Morgan fingerprint density at radius 1 is 1.11 bits per heavy atom. The molecule has 3 heterocycles. The van der Waals surface area contributed by atoms with Crippen molar-refractivity contribution in [2.75, 3.05) is 18.4 Å². The molecule has 2 aliphatic heterocycles. The van der Waals surface area contributed by atoms with Crippen molar-refractivity contribution in [3.63, 3.8) is 0 Å². The Morgan fingerprint density at radius 2 is 1.79 bits per heavy atom. The van der Waals surface area contributed by atoms with E-state index in [1.54, 1.807) is 29.7 Å². The number of rotatable bonds is 6. The molecule has 2 aromatic rings. The first-order valence-corrected chi connectivity index (χ1v) is 12.7. The van der Waals surface area contributed by atoms with Gasteiger partial charge >= 0.3 is 0 Å². The Hall–Kier alpha value is -3.34. The van der Waals surface area contributed by atoms with Crippen LogP contribution in [0.15, 0.2) is 18.2 Å². The Kier molecular flexibility index (Phi) is 6.32. The maximum atomic E-state index is 13.9. The molecule has 3 amide bonds. The lowest BCUT2D eigenvalue weighted by Crippen LogP contribution is -2.72. The molecular weight excluding hydrogens is 525 g/mol. The van der Waals surface area contributed by atoms with Crippen molar-refractivity contribution in [1.82, 2.24) is 14.8 Å². The maximum Gasteiger partial charge on any atom is 0.293 e. The Bertz CT molecular complexity index is 1370. The largest absolute Gasteiger partial charge is 0.340 e. The number of halogens is 4. The number of hydrogen-bond acceptors (Lipinski definition) is 4. The SMILES string of the molecule is Cc1ccc(NC(=O)c2c(C)c(C(=O)C(=O)NC3(C(=O)N4CC(F)C4)CC(F)(F)C3)c3n2CCC3)cc1Cl. The molecule has 38 heavy (non-hydrogen) atoms. The second-order valence-corrected chi connectivity index (χ2v) is 10.8. The van der Waals surface area contributed by atoms with Crippen LogP contribution in [0.25, 0.3) is 0 Å². The molecule has 0 atom stereocenters. The molecule has 0 unspecified atom stereocenters. The number of Topliss-reactive ketones (excluding diaryl/α,β-unsaturated/α-hetero) is 1. The van der Waals surface area contributed by atoms with E-state index in [2.05, 4.69) is 10.6 Å². The molecule has 0 radical (unpaired) electrons. The van der Waals surface area contributed by atoms with E-state index in [1.807, 2.05) is 6.92 Å². The van der Waals surface area contributed by atoms with Crippen LogP contribution in [0.3, 0.4) is 0 Å². The van der Waals surface area contributed by atoms with Gasteiger partial charge in [0.05, 0.1) is 18.7 Å². The number of hydrogen-bond donors (Lipinski definition) is 2. The van der Waals surface area contributed by atoms with Gasteiger partial charge in [-0.2, -0.15) is 0 Å². The number of ketones is 1. The molecular formula is C26H26ClF3N4O4. The maximum absolute atomic E-state index is 13.9. The van der Waals surface area contributed by atoms with E-state index in [9.17, 15) is 32.3 Å². The number of anilines is 1. The highest BCUT2D eigenvalue weighted by molar-refractivity contribution is 6.44. The van der Waals surface area contributed by atoms with Crippen LogP contribution in [-0.2, 0) is 22.6 Å². The number of benzene rings is 1. The quantitative estimate of drug-likeness (QED) is 0.424. The van der Waals surface area contributed by atoms with Gasteiger partial charge in [-0.25, -0.2) is 13.2 Å². The molecule has 1 saturated heterocycles. The van der Waals surface area contributed by atoms with E-state index in [4.69, 9.17) is 11.6 Å². The molecule has 12 heteroatoms. The predicted octanol–water partition coefficient (Wildman–Crippen LogP) is 3.60. The molecule has 1 aliphatic carbocycles. The minimum Gasteiger partial charge on any atom is -0.340 e. The number of aryl methyl sites for hydroxylation is 1. The van der Waals surface area contributed by atoms with Gasteiger partial charge in [-0.15, -0.1) is 0 Å². The number of carbonyl (C=O) groups excluding carboxylic acids is 4. The molecule has 3 aliphatic rings. The number of nitrogens with zero attached hydrogens (tertiary/aromatic N) is 2. The Labute approximate surface area is 221 Å². The van der Waals surface area contributed by atoms with Crippen molar-refractivity contribution in [2.45, 2.75) is 63.7 Å².